The molecular weight excluding hydrogens is 446 g/mol. The van der Waals surface area contributed by atoms with E-state index >= 15 is 0 Å². The van der Waals surface area contributed by atoms with E-state index in [0.29, 0.717) is 43.2 Å². The molecule has 152 valence electrons. The Morgan fingerprint density at radius 3 is 2.83 bits per heavy atom. The van der Waals surface area contributed by atoms with Crippen LogP contribution < -0.4 is 10.9 Å². The Kier molecular flexibility index (Phi) is 6.00. The lowest BCUT2D eigenvalue weighted by Gasteiger charge is -2.10. The van der Waals surface area contributed by atoms with Crippen molar-refractivity contribution in [1.29, 1.82) is 0 Å². The molecule has 0 aliphatic rings. The fourth-order valence-electron chi connectivity index (χ4n) is 2.75. The topological polar surface area (TPSA) is 102 Å². The van der Waals surface area contributed by atoms with Gasteiger partial charge >= 0.3 is 0 Å². The molecule has 8 nitrogen and oxygen atoms in total. The maximum Gasteiger partial charge on any atom is 0.261 e. The molecule has 4 rings (SSSR count). The van der Waals surface area contributed by atoms with Gasteiger partial charge in [0.25, 0.3) is 11.5 Å². The molecule has 0 spiro atoms. The molecule has 30 heavy (non-hydrogen) atoms. The second-order valence-electron chi connectivity index (χ2n) is 6.09. The van der Waals surface area contributed by atoms with Gasteiger partial charge in [-0.3, -0.25) is 14.2 Å². The lowest BCUT2D eigenvalue weighted by atomic mass is 10.2. The van der Waals surface area contributed by atoms with Gasteiger partial charge in [0.2, 0.25) is 0 Å². The number of hydrogen-bond donors (Lipinski definition) is 2. The second-order valence-corrected chi connectivity index (χ2v) is 8.43. The van der Waals surface area contributed by atoms with Crippen molar-refractivity contribution in [2.45, 2.75) is 11.4 Å². The SMILES string of the molecule is O=C(NCc1cn(-c2ccc(-n3ccccc3=O)cc2SO)nn1)c1ccc(Cl)s1. The predicted molar refractivity (Wildman–Crippen MR) is 116 cm³/mol. The summed E-state index contributed by atoms with van der Waals surface area (Å²) in [4.78, 5) is 25.2. The van der Waals surface area contributed by atoms with Crippen LogP contribution in [0.4, 0.5) is 0 Å². The Labute approximate surface area is 184 Å². The van der Waals surface area contributed by atoms with Gasteiger partial charge in [-0.2, -0.15) is 0 Å². The summed E-state index contributed by atoms with van der Waals surface area (Å²) in [6.45, 7) is 0.188. The molecule has 0 saturated heterocycles. The summed E-state index contributed by atoms with van der Waals surface area (Å²) in [7, 11) is 0. The number of nitrogens with one attached hydrogen (secondary N) is 1. The molecule has 0 bridgehead atoms. The quantitative estimate of drug-likeness (QED) is 0.427. The van der Waals surface area contributed by atoms with Crippen LogP contribution in [0.25, 0.3) is 11.4 Å². The first kappa shape index (κ1) is 20.4. The molecule has 0 unspecified atom stereocenters. The Morgan fingerprint density at radius 2 is 2.10 bits per heavy atom. The first-order valence-electron chi connectivity index (χ1n) is 8.64. The van der Waals surface area contributed by atoms with Gasteiger partial charge in [0.1, 0.15) is 5.69 Å². The summed E-state index contributed by atoms with van der Waals surface area (Å²) in [6.07, 6.45) is 3.31. The van der Waals surface area contributed by atoms with E-state index in [4.69, 9.17) is 11.6 Å². The van der Waals surface area contributed by atoms with Crippen molar-refractivity contribution in [3.8, 4) is 11.4 Å². The Morgan fingerprint density at radius 1 is 1.23 bits per heavy atom. The summed E-state index contributed by atoms with van der Waals surface area (Å²) in [5.41, 5.74) is 1.57. The molecule has 1 amide bonds. The molecule has 0 saturated carbocycles. The van der Waals surface area contributed by atoms with E-state index in [9.17, 15) is 14.1 Å². The minimum atomic E-state index is -0.245. The number of pyridine rings is 1. The van der Waals surface area contributed by atoms with E-state index in [1.165, 1.54) is 26.7 Å². The van der Waals surface area contributed by atoms with Crippen LogP contribution in [0.1, 0.15) is 15.4 Å². The number of carbonyl (C=O) groups excluding carboxylic acids is 1. The van der Waals surface area contributed by atoms with Crippen molar-refractivity contribution >= 4 is 40.9 Å². The maximum absolute atomic E-state index is 12.1. The molecule has 0 atom stereocenters. The number of hydrogen-bond acceptors (Lipinski definition) is 7. The number of benzene rings is 1. The van der Waals surface area contributed by atoms with Crippen LogP contribution in [-0.2, 0) is 6.54 Å². The zero-order valence-corrected chi connectivity index (χ0v) is 17.6. The summed E-state index contributed by atoms with van der Waals surface area (Å²) >= 11 is 7.59. The summed E-state index contributed by atoms with van der Waals surface area (Å²) < 4.78 is 13.2. The van der Waals surface area contributed by atoms with Gasteiger partial charge in [-0.05, 0) is 36.4 Å². The van der Waals surface area contributed by atoms with E-state index in [1.54, 1.807) is 54.9 Å². The molecular formula is C19H14ClN5O3S2. The number of halogens is 1. The minimum absolute atomic E-state index is 0.176. The molecule has 0 fully saturated rings. The minimum Gasteiger partial charge on any atom is -0.346 e. The number of amides is 1. The van der Waals surface area contributed by atoms with E-state index in [1.807, 2.05) is 0 Å². The first-order chi connectivity index (χ1) is 14.5. The van der Waals surface area contributed by atoms with Crippen LogP contribution in [0.3, 0.4) is 0 Å². The number of nitrogens with zero attached hydrogens (tertiary/aromatic N) is 4. The fourth-order valence-corrected chi connectivity index (χ4v) is 4.14. The number of rotatable bonds is 6. The van der Waals surface area contributed by atoms with Crippen LogP contribution >= 0.6 is 35.0 Å². The monoisotopic (exact) mass is 459 g/mol. The maximum atomic E-state index is 12.1. The van der Waals surface area contributed by atoms with Crippen LogP contribution in [0.15, 0.2) is 70.6 Å². The molecule has 11 heteroatoms. The van der Waals surface area contributed by atoms with Crippen molar-refractivity contribution in [2.24, 2.45) is 0 Å². The smallest absolute Gasteiger partial charge is 0.261 e. The third kappa shape index (κ3) is 4.31. The zero-order chi connectivity index (χ0) is 21.1. The Balaban J connectivity index is 1.53. The standard InChI is InChI=1S/C19H14ClN5O3S2/c20-17-7-6-15(29-17)19(27)21-10-12-11-25(23-22-12)14-5-4-13(9-16(14)30-28)24-8-2-1-3-18(24)26/h1-9,11,28H,10H2,(H,21,27). The Hall–Kier alpha value is -2.92. The van der Waals surface area contributed by atoms with Crippen LogP contribution in [0, 0.1) is 0 Å². The first-order valence-corrected chi connectivity index (χ1v) is 10.6. The largest absolute Gasteiger partial charge is 0.346 e. The number of thiophene rings is 1. The molecule has 4 aromatic rings. The molecule has 3 heterocycles. The van der Waals surface area contributed by atoms with Gasteiger partial charge in [-0.15, -0.1) is 16.4 Å². The number of aromatic nitrogens is 4. The second kappa shape index (κ2) is 8.84. The highest BCUT2D eigenvalue weighted by molar-refractivity contribution is 7.93. The van der Waals surface area contributed by atoms with Crippen LogP contribution in [0.2, 0.25) is 4.34 Å². The van der Waals surface area contributed by atoms with Crippen molar-refractivity contribution in [3.05, 3.63) is 86.2 Å². The Bertz CT molecular complexity index is 1270. The van der Waals surface area contributed by atoms with Gasteiger partial charge in [0.15, 0.2) is 0 Å². The van der Waals surface area contributed by atoms with Crippen LogP contribution in [0.5, 0.6) is 0 Å². The normalized spacial score (nSPS) is 10.9. The lowest BCUT2D eigenvalue weighted by molar-refractivity contribution is 0.0954. The average molecular weight is 460 g/mol. The summed E-state index contributed by atoms with van der Waals surface area (Å²) in [6, 6.07) is 13.4. The van der Waals surface area contributed by atoms with Crippen molar-refractivity contribution in [3.63, 3.8) is 0 Å². The van der Waals surface area contributed by atoms with E-state index < -0.39 is 0 Å². The van der Waals surface area contributed by atoms with Crippen molar-refractivity contribution in [1.82, 2.24) is 24.9 Å². The van der Waals surface area contributed by atoms with Crippen molar-refractivity contribution < 1.29 is 9.35 Å². The van der Waals surface area contributed by atoms with Crippen molar-refractivity contribution in [2.75, 3.05) is 0 Å². The van der Waals surface area contributed by atoms with Gasteiger partial charge in [0.05, 0.1) is 32.5 Å². The zero-order valence-electron chi connectivity index (χ0n) is 15.2. The number of carbonyl (C=O) groups is 1. The predicted octanol–water partition coefficient (Wildman–Crippen LogP) is 3.63. The molecule has 1 aromatic carbocycles. The van der Waals surface area contributed by atoms with E-state index in [0.717, 1.165) is 0 Å². The summed E-state index contributed by atoms with van der Waals surface area (Å²) in [5.74, 6) is -0.245. The average Bonchev–Trinajstić information content (AvgIpc) is 3.41. The van der Waals surface area contributed by atoms with E-state index in [2.05, 4.69) is 15.6 Å². The van der Waals surface area contributed by atoms with Gasteiger partial charge in [-0.1, -0.05) is 22.9 Å². The van der Waals surface area contributed by atoms with E-state index in [-0.39, 0.29) is 18.0 Å². The molecule has 3 aromatic heterocycles. The highest BCUT2D eigenvalue weighted by Gasteiger charge is 2.13. The highest BCUT2D eigenvalue weighted by atomic mass is 35.5. The van der Waals surface area contributed by atoms with Gasteiger partial charge in [0, 0.05) is 30.0 Å². The van der Waals surface area contributed by atoms with Gasteiger partial charge < -0.3 is 9.87 Å². The highest BCUT2D eigenvalue weighted by Crippen LogP contribution is 2.26. The molecule has 0 aliphatic carbocycles. The third-order valence-corrected chi connectivity index (χ3v) is 5.91. The molecule has 0 aliphatic heterocycles. The van der Waals surface area contributed by atoms with Gasteiger partial charge in [-0.25, -0.2) is 4.68 Å². The molecule has 0 radical (unpaired) electrons. The summed E-state index contributed by atoms with van der Waals surface area (Å²) in [5, 5.41) is 10.9. The molecule has 2 N–H and O–H groups in total. The van der Waals surface area contributed by atoms with Crippen LogP contribution in [-0.4, -0.2) is 30.0 Å². The third-order valence-electron chi connectivity index (χ3n) is 4.16. The fraction of sp³-hybridized carbons (Fsp3) is 0.0526. The lowest BCUT2D eigenvalue weighted by Crippen LogP contribution is -2.21.